The van der Waals surface area contributed by atoms with E-state index in [9.17, 15) is 0 Å². The predicted molar refractivity (Wildman–Crippen MR) is 96.5 cm³/mol. The molecule has 4 nitrogen and oxygen atoms in total. The van der Waals surface area contributed by atoms with Crippen LogP contribution in [0.5, 0.6) is 0 Å². The highest BCUT2D eigenvalue weighted by molar-refractivity contribution is 7.80. The summed E-state index contributed by atoms with van der Waals surface area (Å²) in [4.78, 5) is 4.50. The van der Waals surface area contributed by atoms with Gasteiger partial charge in [0.15, 0.2) is 5.82 Å². The highest BCUT2D eigenvalue weighted by Crippen LogP contribution is 2.31. The first-order valence-electron chi connectivity index (χ1n) is 7.90. The monoisotopic (exact) mass is 314 g/mol. The molecule has 0 saturated heterocycles. The fourth-order valence-electron chi connectivity index (χ4n) is 2.98. The van der Waals surface area contributed by atoms with Gasteiger partial charge < -0.3 is 5.73 Å². The van der Waals surface area contributed by atoms with Crippen LogP contribution in [0, 0.1) is 0 Å². The van der Waals surface area contributed by atoms with Gasteiger partial charge in [0.1, 0.15) is 5.52 Å². The van der Waals surface area contributed by atoms with E-state index in [-0.39, 0.29) is 0 Å². The summed E-state index contributed by atoms with van der Waals surface area (Å²) in [7, 11) is 0. The number of nitrogen functional groups attached to an aromatic ring is 1. The Kier molecular flexibility index (Phi) is 4.52. The van der Waals surface area contributed by atoms with Crippen LogP contribution in [0.25, 0.3) is 21.8 Å². The van der Waals surface area contributed by atoms with E-state index >= 15 is 0 Å². The van der Waals surface area contributed by atoms with Crippen molar-refractivity contribution in [2.24, 2.45) is 0 Å². The maximum atomic E-state index is 6.16. The Labute approximate surface area is 136 Å². The Hall–Kier alpha value is -1.75. The molecule has 2 N–H and O–H groups in total. The van der Waals surface area contributed by atoms with Crippen molar-refractivity contribution in [2.75, 3.05) is 11.5 Å². The molecule has 1 aromatic carbocycles. The van der Waals surface area contributed by atoms with Crippen molar-refractivity contribution in [3.63, 3.8) is 0 Å². The molecule has 0 bridgehead atoms. The third kappa shape index (κ3) is 2.65. The number of hydrogen-bond donors (Lipinski definition) is 2. The second kappa shape index (κ2) is 6.57. The van der Waals surface area contributed by atoms with Crippen LogP contribution in [0.2, 0.25) is 0 Å². The molecule has 3 aromatic rings. The average Bonchev–Trinajstić information content (AvgIpc) is 2.88. The van der Waals surface area contributed by atoms with Crippen LogP contribution in [0.1, 0.15) is 31.9 Å². The Morgan fingerprint density at radius 1 is 1.23 bits per heavy atom. The highest BCUT2D eigenvalue weighted by Gasteiger charge is 2.16. The minimum atomic E-state index is 0.527. The summed E-state index contributed by atoms with van der Waals surface area (Å²) >= 11 is 4.32. The molecule has 2 aromatic heterocycles. The molecule has 0 aliphatic rings. The molecule has 0 aliphatic carbocycles. The van der Waals surface area contributed by atoms with Gasteiger partial charge in [-0.3, -0.25) is 4.68 Å². The van der Waals surface area contributed by atoms with Crippen molar-refractivity contribution in [3.8, 4) is 0 Å². The van der Waals surface area contributed by atoms with E-state index in [1.54, 1.807) is 0 Å². The quantitative estimate of drug-likeness (QED) is 0.537. The van der Waals surface area contributed by atoms with Gasteiger partial charge in [-0.05, 0) is 37.5 Å². The van der Waals surface area contributed by atoms with Gasteiger partial charge in [-0.2, -0.15) is 17.7 Å². The number of nitrogens with two attached hydrogens (primary N) is 1. The van der Waals surface area contributed by atoms with E-state index in [1.165, 1.54) is 11.1 Å². The number of fused-ring (bicyclic) bond motifs is 3. The number of unbranched alkanes of at least 4 members (excludes halogenated alkanes) is 1. The zero-order valence-corrected chi connectivity index (χ0v) is 13.8. The molecule has 0 radical (unpaired) electrons. The van der Waals surface area contributed by atoms with Gasteiger partial charge in [0.25, 0.3) is 0 Å². The van der Waals surface area contributed by atoms with Crippen molar-refractivity contribution >= 4 is 40.3 Å². The zero-order chi connectivity index (χ0) is 15.5. The molecule has 0 atom stereocenters. The molecule has 0 saturated carbocycles. The number of thiol groups is 1. The molecule has 2 heterocycles. The first-order chi connectivity index (χ1) is 10.8. The lowest BCUT2D eigenvalue weighted by atomic mass is 10.1. The molecule has 0 amide bonds. The van der Waals surface area contributed by atoms with E-state index in [0.29, 0.717) is 5.82 Å². The van der Waals surface area contributed by atoms with Crippen LogP contribution in [0.4, 0.5) is 5.82 Å². The van der Waals surface area contributed by atoms with Crippen molar-refractivity contribution in [2.45, 2.75) is 39.2 Å². The molecule has 22 heavy (non-hydrogen) atoms. The van der Waals surface area contributed by atoms with Crippen molar-refractivity contribution < 1.29 is 0 Å². The maximum Gasteiger partial charge on any atom is 0.152 e. The molecule has 5 heteroatoms. The summed E-state index contributed by atoms with van der Waals surface area (Å²) in [6.45, 7) is 3.09. The molecule has 3 rings (SSSR count). The number of para-hydroxylation sites is 1. The van der Waals surface area contributed by atoms with Crippen LogP contribution in [0.15, 0.2) is 24.3 Å². The number of rotatable bonds is 6. The Bertz CT molecular complexity index is 794. The summed E-state index contributed by atoms with van der Waals surface area (Å²) < 4.78 is 2.12. The Morgan fingerprint density at radius 2 is 2.05 bits per heavy atom. The third-order valence-corrected chi connectivity index (χ3v) is 4.29. The van der Waals surface area contributed by atoms with E-state index < -0.39 is 0 Å². The third-order valence-electron chi connectivity index (χ3n) is 3.97. The van der Waals surface area contributed by atoms with E-state index in [0.717, 1.165) is 54.4 Å². The fraction of sp³-hybridized carbons (Fsp3) is 0.412. The Morgan fingerprint density at radius 3 is 2.82 bits per heavy atom. The van der Waals surface area contributed by atoms with E-state index in [2.05, 4.69) is 35.3 Å². The van der Waals surface area contributed by atoms with Crippen molar-refractivity contribution in [3.05, 3.63) is 30.0 Å². The number of hydrogen-bond acceptors (Lipinski definition) is 4. The summed E-state index contributed by atoms with van der Waals surface area (Å²) in [5.74, 6) is 1.45. The van der Waals surface area contributed by atoms with E-state index in [1.807, 2.05) is 18.2 Å². The highest BCUT2D eigenvalue weighted by atomic mass is 32.1. The lowest BCUT2D eigenvalue weighted by molar-refractivity contribution is 0.572. The maximum absolute atomic E-state index is 6.16. The standard InChI is InChI=1S/C17H22N4S/c1-2-10-21-14(9-5-6-11-22)15-12-7-3-4-8-13(12)19-17(18)16(15)20-21/h3-4,7-8,22H,2,5-6,9-11H2,1H3,(H2,18,19). The van der Waals surface area contributed by atoms with Gasteiger partial charge in [0.05, 0.1) is 5.52 Å². The van der Waals surface area contributed by atoms with Gasteiger partial charge >= 0.3 is 0 Å². The SMILES string of the molecule is CCCn1nc2c(N)nc3ccccc3c2c1CCCCS. The fourth-order valence-corrected chi connectivity index (χ4v) is 3.20. The van der Waals surface area contributed by atoms with Gasteiger partial charge in [0.2, 0.25) is 0 Å². The van der Waals surface area contributed by atoms with Gasteiger partial charge in [0, 0.05) is 23.0 Å². The average molecular weight is 314 g/mol. The first-order valence-corrected chi connectivity index (χ1v) is 8.54. The molecule has 0 fully saturated rings. The molecule has 0 unspecified atom stereocenters. The minimum absolute atomic E-state index is 0.527. The van der Waals surface area contributed by atoms with Crippen LogP contribution in [-0.4, -0.2) is 20.5 Å². The lowest BCUT2D eigenvalue weighted by Crippen LogP contribution is -2.04. The normalized spacial score (nSPS) is 11.5. The van der Waals surface area contributed by atoms with Gasteiger partial charge in [-0.25, -0.2) is 4.98 Å². The van der Waals surface area contributed by atoms with E-state index in [4.69, 9.17) is 10.8 Å². The number of nitrogens with zero attached hydrogens (tertiary/aromatic N) is 3. The van der Waals surface area contributed by atoms with Crippen LogP contribution in [0.3, 0.4) is 0 Å². The van der Waals surface area contributed by atoms with Crippen LogP contribution in [-0.2, 0) is 13.0 Å². The number of benzene rings is 1. The van der Waals surface area contributed by atoms with Crippen LogP contribution < -0.4 is 5.73 Å². The largest absolute Gasteiger partial charge is 0.382 e. The summed E-state index contributed by atoms with van der Waals surface area (Å²) in [5, 5.41) is 7.07. The zero-order valence-electron chi connectivity index (χ0n) is 12.9. The second-order valence-electron chi connectivity index (χ2n) is 5.59. The van der Waals surface area contributed by atoms with Crippen molar-refractivity contribution in [1.82, 2.24) is 14.8 Å². The number of aromatic nitrogens is 3. The second-order valence-corrected chi connectivity index (χ2v) is 6.04. The molecular weight excluding hydrogens is 292 g/mol. The number of aryl methyl sites for hydroxylation is 2. The lowest BCUT2D eigenvalue weighted by Gasteiger charge is -2.07. The minimum Gasteiger partial charge on any atom is -0.382 e. The number of anilines is 1. The van der Waals surface area contributed by atoms with Crippen LogP contribution >= 0.6 is 12.6 Å². The number of pyridine rings is 1. The predicted octanol–water partition coefficient (Wildman–Crippen LogP) is 3.83. The molecular formula is C17H22N4S. The summed E-state index contributed by atoms with van der Waals surface area (Å²) in [6.07, 6.45) is 4.29. The molecule has 0 aliphatic heterocycles. The van der Waals surface area contributed by atoms with Gasteiger partial charge in [-0.15, -0.1) is 0 Å². The topological polar surface area (TPSA) is 56.7 Å². The summed E-state index contributed by atoms with van der Waals surface area (Å²) in [5.41, 5.74) is 9.22. The van der Waals surface area contributed by atoms with Gasteiger partial charge in [-0.1, -0.05) is 25.1 Å². The molecule has 116 valence electrons. The smallest absolute Gasteiger partial charge is 0.152 e. The first kappa shape index (κ1) is 15.2. The molecule has 0 spiro atoms. The summed E-state index contributed by atoms with van der Waals surface area (Å²) in [6, 6.07) is 8.18. The Balaban J connectivity index is 2.24. The van der Waals surface area contributed by atoms with Crippen molar-refractivity contribution in [1.29, 1.82) is 0 Å².